The van der Waals surface area contributed by atoms with Crippen LogP contribution in [0.5, 0.6) is 0 Å². The Kier molecular flexibility index (Phi) is 6.64. The van der Waals surface area contributed by atoms with E-state index in [9.17, 15) is 0 Å². The molecule has 2 heterocycles. The zero-order valence-corrected chi connectivity index (χ0v) is 27.8. The molecule has 8 aromatic rings. The molecular formula is C46H29N3S. The molecule has 10 rings (SSSR count). The fraction of sp³-hybridized carbons (Fsp3) is 0.0217. The Morgan fingerprint density at radius 1 is 0.320 bits per heavy atom. The van der Waals surface area contributed by atoms with Gasteiger partial charge in [-0.05, 0) is 62.7 Å². The van der Waals surface area contributed by atoms with Gasteiger partial charge in [0.2, 0.25) is 0 Å². The lowest BCUT2D eigenvalue weighted by atomic mass is 9.67. The SMILES string of the molecule is c1ccc(-c2nc(-c3ccccc3)nc(-c3ccc(-c4ccc5c(c4)C4(c6ccccc6Sc6ccccc64)c4ccccc4-5)cc3)n2)cc1. The van der Waals surface area contributed by atoms with Crippen molar-refractivity contribution in [2.24, 2.45) is 0 Å². The van der Waals surface area contributed by atoms with Crippen LogP contribution in [-0.2, 0) is 5.41 Å². The van der Waals surface area contributed by atoms with Gasteiger partial charge in [-0.1, -0.05) is 169 Å². The average Bonchev–Trinajstić information content (AvgIpc) is 3.48. The van der Waals surface area contributed by atoms with Crippen molar-refractivity contribution in [1.29, 1.82) is 0 Å². The van der Waals surface area contributed by atoms with Gasteiger partial charge < -0.3 is 0 Å². The second kappa shape index (κ2) is 11.5. The first-order chi connectivity index (χ1) is 24.8. The minimum absolute atomic E-state index is 0.396. The number of rotatable bonds is 4. The van der Waals surface area contributed by atoms with Crippen molar-refractivity contribution < 1.29 is 0 Å². The van der Waals surface area contributed by atoms with Crippen LogP contribution in [0.15, 0.2) is 186 Å². The maximum atomic E-state index is 4.95. The summed E-state index contributed by atoms with van der Waals surface area (Å²) in [5, 5.41) is 0. The molecule has 7 aromatic carbocycles. The third kappa shape index (κ3) is 4.42. The summed E-state index contributed by atoms with van der Waals surface area (Å²) >= 11 is 1.88. The van der Waals surface area contributed by atoms with E-state index in [2.05, 4.69) is 115 Å². The molecule has 0 amide bonds. The van der Waals surface area contributed by atoms with Crippen LogP contribution in [0.3, 0.4) is 0 Å². The van der Waals surface area contributed by atoms with Crippen molar-refractivity contribution in [2.45, 2.75) is 15.2 Å². The number of fused-ring (bicyclic) bond motifs is 9. The Bertz CT molecular complexity index is 2460. The summed E-state index contributed by atoms with van der Waals surface area (Å²) in [5.41, 5.74) is 12.8. The maximum absolute atomic E-state index is 4.95. The molecule has 1 aliphatic carbocycles. The summed E-state index contributed by atoms with van der Waals surface area (Å²) in [4.78, 5) is 17.4. The summed E-state index contributed by atoms with van der Waals surface area (Å²) in [6, 6.07) is 62.7. The Morgan fingerprint density at radius 2 is 0.740 bits per heavy atom. The van der Waals surface area contributed by atoms with E-state index in [1.807, 2.05) is 72.4 Å². The molecule has 1 aromatic heterocycles. The second-order valence-corrected chi connectivity index (χ2v) is 13.8. The first-order valence-corrected chi connectivity index (χ1v) is 17.7. The predicted octanol–water partition coefficient (Wildman–Crippen LogP) is 11.4. The fourth-order valence-electron chi connectivity index (χ4n) is 7.78. The third-order valence-electron chi connectivity index (χ3n) is 10.0. The summed E-state index contributed by atoms with van der Waals surface area (Å²) < 4.78 is 0. The van der Waals surface area contributed by atoms with Crippen LogP contribution in [0.25, 0.3) is 56.4 Å². The molecule has 0 atom stereocenters. The number of benzene rings is 7. The van der Waals surface area contributed by atoms with Gasteiger partial charge in [-0.25, -0.2) is 15.0 Å². The summed E-state index contributed by atoms with van der Waals surface area (Å²) in [5.74, 6) is 1.97. The predicted molar refractivity (Wildman–Crippen MR) is 203 cm³/mol. The molecule has 0 saturated carbocycles. The van der Waals surface area contributed by atoms with Gasteiger partial charge in [0, 0.05) is 26.5 Å². The van der Waals surface area contributed by atoms with Crippen LogP contribution in [0, 0.1) is 0 Å². The monoisotopic (exact) mass is 655 g/mol. The van der Waals surface area contributed by atoms with Crippen molar-refractivity contribution >= 4 is 11.8 Å². The van der Waals surface area contributed by atoms with E-state index < -0.39 is 5.41 Å². The topological polar surface area (TPSA) is 38.7 Å². The smallest absolute Gasteiger partial charge is 0.164 e. The molecule has 234 valence electrons. The molecule has 3 nitrogen and oxygen atoms in total. The molecule has 0 fully saturated rings. The van der Waals surface area contributed by atoms with Crippen LogP contribution in [-0.4, -0.2) is 15.0 Å². The number of aromatic nitrogens is 3. The molecule has 2 aliphatic rings. The summed E-state index contributed by atoms with van der Waals surface area (Å²) in [6.07, 6.45) is 0. The highest BCUT2D eigenvalue weighted by molar-refractivity contribution is 7.99. The highest BCUT2D eigenvalue weighted by Gasteiger charge is 2.50. The molecule has 1 aliphatic heterocycles. The standard InChI is InChI=1S/C46H29N3S/c1-3-13-31(14-4-1)43-47-44(32-15-5-2-6-16-32)49-45(48-43)33-25-23-30(24-26-33)34-27-28-36-35-17-7-8-18-37(35)46(40(36)29-34)38-19-9-11-21-41(38)50-42-22-12-10-20-39(42)46/h1-29H. The van der Waals surface area contributed by atoms with E-state index >= 15 is 0 Å². The first kappa shape index (κ1) is 28.9. The molecule has 0 radical (unpaired) electrons. The van der Waals surface area contributed by atoms with Crippen molar-refractivity contribution in [3.8, 4) is 56.4 Å². The largest absolute Gasteiger partial charge is 0.208 e. The molecule has 50 heavy (non-hydrogen) atoms. The molecule has 0 saturated heterocycles. The van der Waals surface area contributed by atoms with E-state index in [4.69, 9.17) is 15.0 Å². The second-order valence-electron chi connectivity index (χ2n) is 12.8. The van der Waals surface area contributed by atoms with Crippen LogP contribution in [0.4, 0.5) is 0 Å². The zero-order chi connectivity index (χ0) is 33.1. The van der Waals surface area contributed by atoms with Crippen LogP contribution in [0.2, 0.25) is 0 Å². The minimum atomic E-state index is -0.396. The number of hydrogen-bond acceptors (Lipinski definition) is 4. The molecular weight excluding hydrogens is 627 g/mol. The third-order valence-corrected chi connectivity index (χ3v) is 11.2. The van der Waals surface area contributed by atoms with Crippen LogP contribution >= 0.6 is 11.8 Å². The van der Waals surface area contributed by atoms with Crippen molar-refractivity contribution in [2.75, 3.05) is 0 Å². The Morgan fingerprint density at radius 3 is 1.32 bits per heavy atom. The quantitative estimate of drug-likeness (QED) is 0.189. The Labute approximate surface area is 295 Å². The van der Waals surface area contributed by atoms with E-state index in [0.717, 1.165) is 22.3 Å². The van der Waals surface area contributed by atoms with Crippen molar-refractivity contribution in [3.05, 3.63) is 198 Å². The van der Waals surface area contributed by atoms with Crippen LogP contribution in [0.1, 0.15) is 22.3 Å². The van der Waals surface area contributed by atoms with E-state index in [0.29, 0.717) is 17.5 Å². The van der Waals surface area contributed by atoms with Gasteiger partial charge in [0.1, 0.15) is 0 Å². The van der Waals surface area contributed by atoms with Gasteiger partial charge >= 0.3 is 0 Å². The van der Waals surface area contributed by atoms with Gasteiger partial charge in [-0.2, -0.15) is 0 Å². The van der Waals surface area contributed by atoms with Gasteiger partial charge in [0.15, 0.2) is 17.5 Å². The lowest BCUT2D eigenvalue weighted by molar-refractivity contribution is 0.722. The first-order valence-electron chi connectivity index (χ1n) is 16.9. The molecule has 1 spiro atoms. The summed E-state index contributed by atoms with van der Waals surface area (Å²) in [6.45, 7) is 0. The lowest BCUT2D eigenvalue weighted by Gasteiger charge is -2.39. The highest BCUT2D eigenvalue weighted by Crippen LogP contribution is 2.62. The average molecular weight is 656 g/mol. The van der Waals surface area contributed by atoms with Crippen molar-refractivity contribution in [1.82, 2.24) is 15.0 Å². The van der Waals surface area contributed by atoms with E-state index in [1.165, 1.54) is 48.7 Å². The Balaban J connectivity index is 1.11. The highest BCUT2D eigenvalue weighted by atomic mass is 32.2. The lowest BCUT2D eigenvalue weighted by Crippen LogP contribution is -2.31. The van der Waals surface area contributed by atoms with Gasteiger partial charge in [0.25, 0.3) is 0 Å². The number of nitrogens with zero attached hydrogens (tertiary/aromatic N) is 3. The van der Waals surface area contributed by atoms with Gasteiger partial charge in [0.05, 0.1) is 5.41 Å². The minimum Gasteiger partial charge on any atom is -0.208 e. The summed E-state index contributed by atoms with van der Waals surface area (Å²) in [7, 11) is 0. The Hall–Kier alpha value is -6.10. The van der Waals surface area contributed by atoms with Gasteiger partial charge in [-0.15, -0.1) is 0 Å². The molecule has 0 bridgehead atoms. The number of hydrogen-bond donors (Lipinski definition) is 0. The van der Waals surface area contributed by atoms with Crippen LogP contribution < -0.4 is 0 Å². The van der Waals surface area contributed by atoms with Crippen molar-refractivity contribution in [3.63, 3.8) is 0 Å². The van der Waals surface area contributed by atoms with E-state index in [1.54, 1.807) is 0 Å². The molecule has 0 unspecified atom stereocenters. The fourth-order valence-corrected chi connectivity index (χ4v) is 8.98. The molecule has 0 N–H and O–H groups in total. The van der Waals surface area contributed by atoms with E-state index in [-0.39, 0.29) is 0 Å². The zero-order valence-electron chi connectivity index (χ0n) is 27.0. The molecule has 4 heteroatoms. The normalized spacial score (nSPS) is 13.3. The van der Waals surface area contributed by atoms with Gasteiger partial charge in [-0.3, -0.25) is 0 Å². The maximum Gasteiger partial charge on any atom is 0.164 e.